The second-order valence-electron chi connectivity index (χ2n) is 5.01. The molecule has 0 saturated carbocycles. The molecule has 1 aliphatic rings. The normalized spacial score (nSPS) is 15.9. The Labute approximate surface area is 117 Å². The van der Waals surface area contributed by atoms with Crippen molar-refractivity contribution in [2.75, 3.05) is 24.5 Å². The molecule has 2 N–H and O–H groups in total. The minimum Gasteiger partial charge on any atom is -0.476 e. The number of carboxylic acid groups (broad SMARTS) is 1. The van der Waals surface area contributed by atoms with E-state index in [1.54, 1.807) is 6.20 Å². The number of nitrogens with one attached hydrogen (secondary N) is 1. The van der Waals surface area contributed by atoms with Gasteiger partial charge >= 0.3 is 5.97 Å². The smallest absolute Gasteiger partial charge is 0.356 e. The van der Waals surface area contributed by atoms with Gasteiger partial charge in [0.1, 0.15) is 5.82 Å². The molecule has 0 aromatic carbocycles. The lowest BCUT2D eigenvalue weighted by Crippen LogP contribution is -2.30. The number of carboxylic acids is 1. The summed E-state index contributed by atoms with van der Waals surface area (Å²) in [6.07, 6.45) is 1.88. The molecule has 1 amide bonds. The van der Waals surface area contributed by atoms with E-state index in [-0.39, 0.29) is 17.5 Å². The summed E-state index contributed by atoms with van der Waals surface area (Å²) < 4.78 is 0. The van der Waals surface area contributed by atoms with Crippen LogP contribution in [-0.4, -0.2) is 46.6 Å². The first kappa shape index (κ1) is 14.2. The van der Waals surface area contributed by atoms with Crippen molar-refractivity contribution in [3.8, 4) is 0 Å². The van der Waals surface area contributed by atoms with Gasteiger partial charge < -0.3 is 15.3 Å². The average Bonchev–Trinajstić information content (AvgIpc) is 2.62. The summed E-state index contributed by atoms with van der Waals surface area (Å²) in [5.74, 6) is -0.526. The van der Waals surface area contributed by atoms with Gasteiger partial charge in [-0.25, -0.2) is 14.8 Å². The van der Waals surface area contributed by atoms with Crippen LogP contribution < -0.4 is 10.2 Å². The number of hydrogen-bond donors (Lipinski definition) is 2. The zero-order chi connectivity index (χ0) is 14.7. The first-order chi connectivity index (χ1) is 9.49. The lowest BCUT2D eigenvalue weighted by molar-refractivity contribution is -0.120. The fourth-order valence-electron chi connectivity index (χ4n) is 2.06. The third kappa shape index (κ3) is 3.04. The minimum atomic E-state index is -1.08. The van der Waals surface area contributed by atoms with E-state index in [0.717, 1.165) is 0 Å². The topological polar surface area (TPSA) is 95.4 Å². The van der Waals surface area contributed by atoms with Gasteiger partial charge in [0.05, 0.1) is 11.9 Å². The van der Waals surface area contributed by atoms with Crippen LogP contribution in [-0.2, 0) is 4.79 Å². The maximum Gasteiger partial charge on any atom is 0.356 e. The summed E-state index contributed by atoms with van der Waals surface area (Å²) in [6, 6.07) is 0. The van der Waals surface area contributed by atoms with E-state index in [1.165, 1.54) is 0 Å². The highest BCUT2D eigenvalue weighted by atomic mass is 16.4. The second kappa shape index (κ2) is 5.85. The van der Waals surface area contributed by atoms with Crippen LogP contribution in [0.5, 0.6) is 0 Å². The van der Waals surface area contributed by atoms with Gasteiger partial charge in [-0.1, -0.05) is 13.8 Å². The quantitative estimate of drug-likeness (QED) is 0.841. The molecule has 7 nitrogen and oxygen atoms in total. The molecule has 1 aromatic rings. The molecule has 0 bridgehead atoms. The molecule has 20 heavy (non-hydrogen) atoms. The lowest BCUT2D eigenvalue weighted by atomic mass is 10.2. The highest BCUT2D eigenvalue weighted by molar-refractivity contribution is 5.92. The number of rotatable bonds is 3. The van der Waals surface area contributed by atoms with Crippen molar-refractivity contribution in [2.24, 2.45) is 0 Å². The van der Waals surface area contributed by atoms with Crippen molar-refractivity contribution in [3.63, 3.8) is 0 Å². The van der Waals surface area contributed by atoms with Gasteiger partial charge in [0.25, 0.3) is 0 Å². The Morgan fingerprint density at radius 2 is 2.20 bits per heavy atom. The molecule has 108 valence electrons. The minimum absolute atomic E-state index is 0.00181. The zero-order valence-corrected chi connectivity index (χ0v) is 11.6. The van der Waals surface area contributed by atoms with E-state index in [1.807, 2.05) is 18.7 Å². The Morgan fingerprint density at radius 1 is 1.45 bits per heavy atom. The number of aromatic carboxylic acids is 1. The molecule has 0 unspecified atom stereocenters. The van der Waals surface area contributed by atoms with E-state index < -0.39 is 5.97 Å². The molecule has 0 spiro atoms. The summed E-state index contributed by atoms with van der Waals surface area (Å²) in [5, 5.41) is 12.1. The summed E-state index contributed by atoms with van der Waals surface area (Å²) in [7, 11) is 0. The molecular formula is C13H18N4O3. The summed E-state index contributed by atoms with van der Waals surface area (Å²) in [4.78, 5) is 32.9. The van der Waals surface area contributed by atoms with Crippen LogP contribution >= 0.6 is 0 Å². The molecule has 0 aliphatic carbocycles. The predicted molar refractivity (Wildman–Crippen MR) is 72.9 cm³/mol. The van der Waals surface area contributed by atoms with Crippen LogP contribution in [0.2, 0.25) is 0 Å². The van der Waals surface area contributed by atoms with E-state index in [2.05, 4.69) is 15.3 Å². The SMILES string of the molecule is CC(C)c1ncc(N2CCNC(=O)CC2)c(C(=O)O)n1. The summed E-state index contributed by atoms with van der Waals surface area (Å²) >= 11 is 0. The van der Waals surface area contributed by atoms with Crippen molar-refractivity contribution in [2.45, 2.75) is 26.2 Å². The van der Waals surface area contributed by atoms with Crippen LogP contribution in [0.15, 0.2) is 6.20 Å². The monoisotopic (exact) mass is 278 g/mol. The fraction of sp³-hybridized carbons (Fsp3) is 0.538. The van der Waals surface area contributed by atoms with E-state index >= 15 is 0 Å². The van der Waals surface area contributed by atoms with E-state index in [0.29, 0.717) is 37.6 Å². The molecule has 1 saturated heterocycles. The summed E-state index contributed by atoms with van der Waals surface area (Å²) in [5.41, 5.74) is 0.469. The van der Waals surface area contributed by atoms with Crippen LogP contribution in [0.1, 0.15) is 42.5 Å². The van der Waals surface area contributed by atoms with Gasteiger partial charge in [-0.15, -0.1) is 0 Å². The molecule has 0 radical (unpaired) electrons. The Kier molecular flexibility index (Phi) is 4.16. The van der Waals surface area contributed by atoms with Crippen molar-refractivity contribution in [1.29, 1.82) is 0 Å². The first-order valence-corrected chi connectivity index (χ1v) is 6.61. The zero-order valence-electron chi connectivity index (χ0n) is 11.6. The molecule has 1 aromatic heterocycles. The third-order valence-corrected chi connectivity index (χ3v) is 3.16. The molecular weight excluding hydrogens is 260 g/mol. The second-order valence-corrected chi connectivity index (χ2v) is 5.01. The van der Waals surface area contributed by atoms with Gasteiger partial charge in [-0.05, 0) is 0 Å². The molecule has 2 rings (SSSR count). The Balaban J connectivity index is 2.34. The lowest BCUT2D eigenvalue weighted by Gasteiger charge is -2.23. The number of carbonyl (C=O) groups is 2. The van der Waals surface area contributed by atoms with Crippen molar-refractivity contribution in [3.05, 3.63) is 17.7 Å². The molecule has 1 fully saturated rings. The molecule has 7 heteroatoms. The number of hydrogen-bond acceptors (Lipinski definition) is 5. The predicted octanol–water partition coefficient (Wildman–Crippen LogP) is 0.625. The third-order valence-electron chi connectivity index (χ3n) is 3.16. The Hall–Kier alpha value is -2.18. The van der Waals surface area contributed by atoms with Crippen LogP contribution in [0.25, 0.3) is 0 Å². The largest absolute Gasteiger partial charge is 0.476 e. The van der Waals surface area contributed by atoms with Crippen LogP contribution in [0, 0.1) is 0 Å². The van der Waals surface area contributed by atoms with Gasteiger partial charge in [0.15, 0.2) is 5.69 Å². The van der Waals surface area contributed by atoms with E-state index in [9.17, 15) is 14.7 Å². The Morgan fingerprint density at radius 3 is 2.85 bits per heavy atom. The first-order valence-electron chi connectivity index (χ1n) is 6.61. The number of carbonyl (C=O) groups excluding carboxylic acids is 1. The van der Waals surface area contributed by atoms with Crippen molar-refractivity contribution in [1.82, 2.24) is 15.3 Å². The molecule has 2 heterocycles. The number of aromatic nitrogens is 2. The van der Waals surface area contributed by atoms with E-state index in [4.69, 9.17) is 0 Å². The number of nitrogens with zero attached hydrogens (tertiary/aromatic N) is 3. The van der Waals surface area contributed by atoms with Crippen molar-refractivity contribution >= 4 is 17.6 Å². The van der Waals surface area contributed by atoms with Gasteiger partial charge in [0.2, 0.25) is 5.91 Å². The molecule has 0 atom stereocenters. The molecule has 1 aliphatic heterocycles. The van der Waals surface area contributed by atoms with Gasteiger partial charge in [0, 0.05) is 32.0 Å². The van der Waals surface area contributed by atoms with Gasteiger partial charge in [-0.2, -0.15) is 0 Å². The standard InChI is InChI=1S/C13H18N4O3/c1-8(2)12-15-7-9(11(16-12)13(19)20)17-5-3-10(18)14-4-6-17/h7-8H,3-6H2,1-2H3,(H,14,18)(H,19,20). The summed E-state index contributed by atoms with van der Waals surface area (Å²) in [6.45, 7) is 5.33. The van der Waals surface area contributed by atoms with Gasteiger partial charge in [-0.3, -0.25) is 4.79 Å². The average molecular weight is 278 g/mol. The highest BCUT2D eigenvalue weighted by Gasteiger charge is 2.22. The number of amides is 1. The number of anilines is 1. The highest BCUT2D eigenvalue weighted by Crippen LogP contribution is 2.21. The Bertz CT molecular complexity index is 530. The van der Waals surface area contributed by atoms with Crippen molar-refractivity contribution < 1.29 is 14.7 Å². The maximum atomic E-state index is 11.4. The fourth-order valence-corrected chi connectivity index (χ4v) is 2.06. The van der Waals surface area contributed by atoms with Crippen LogP contribution in [0.4, 0.5) is 5.69 Å². The maximum absolute atomic E-state index is 11.4. The van der Waals surface area contributed by atoms with Crippen LogP contribution in [0.3, 0.4) is 0 Å².